The SMILES string of the molecule is NCc1ccccc1-c1cc2cccc(Cl)c2o1. The molecule has 0 fully saturated rings. The fraction of sp³-hybridized carbons (Fsp3) is 0.0667. The van der Waals surface area contributed by atoms with Crippen LogP contribution in [0.5, 0.6) is 0 Å². The molecular weight excluding hydrogens is 246 g/mol. The van der Waals surface area contributed by atoms with Crippen LogP contribution in [-0.2, 0) is 6.54 Å². The van der Waals surface area contributed by atoms with E-state index in [0.29, 0.717) is 11.6 Å². The van der Waals surface area contributed by atoms with Crippen molar-refractivity contribution in [2.45, 2.75) is 6.54 Å². The fourth-order valence-corrected chi connectivity index (χ4v) is 2.32. The lowest BCUT2D eigenvalue weighted by Gasteiger charge is -2.03. The number of para-hydroxylation sites is 1. The second kappa shape index (κ2) is 4.48. The number of furan rings is 1. The molecule has 0 saturated heterocycles. The smallest absolute Gasteiger partial charge is 0.153 e. The third-order valence-electron chi connectivity index (χ3n) is 3.00. The van der Waals surface area contributed by atoms with Crippen molar-refractivity contribution in [2.24, 2.45) is 5.73 Å². The maximum Gasteiger partial charge on any atom is 0.153 e. The largest absolute Gasteiger partial charge is 0.455 e. The number of hydrogen-bond acceptors (Lipinski definition) is 2. The standard InChI is InChI=1S/C15H12ClNO/c16-13-7-3-5-10-8-14(18-15(10)13)12-6-2-1-4-11(12)9-17/h1-8H,9,17H2. The van der Waals surface area contributed by atoms with Crippen LogP contribution in [0.3, 0.4) is 0 Å². The van der Waals surface area contributed by atoms with Crippen molar-refractivity contribution in [3.8, 4) is 11.3 Å². The minimum absolute atomic E-state index is 0.487. The van der Waals surface area contributed by atoms with Crippen molar-refractivity contribution in [2.75, 3.05) is 0 Å². The van der Waals surface area contributed by atoms with Gasteiger partial charge in [0.25, 0.3) is 0 Å². The average molecular weight is 258 g/mol. The first kappa shape index (κ1) is 11.3. The molecule has 2 N–H and O–H groups in total. The molecule has 1 aromatic heterocycles. The number of fused-ring (bicyclic) bond motifs is 1. The van der Waals surface area contributed by atoms with E-state index in [1.807, 2.05) is 48.5 Å². The molecule has 0 radical (unpaired) electrons. The summed E-state index contributed by atoms with van der Waals surface area (Å²) in [5.74, 6) is 0.805. The summed E-state index contributed by atoms with van der Waals surface area (Å²) < 4.78 is 5.84. The molecule has 2 aromatic carbocycles. The zero-order chi connectivity index (χ0) is 12.5. The van der Waals surface area contributed by atoms with Gasteiger partial charge in [0.1, 0.15) is 5.76 Å². The summed E-state index contributed by atoms with van der Waals surface area (Å²) in [7, 11) is 0. The van der Waals surface area contributed by atoms with E-state index in [0.717, 1.165) is 27.9 Å². The van der Waals surface area contributed by atoms with E-state index in [1.54, 1.807) is 0 Å². The first-order valence-electron chi connectivity index (χ1n) is 5.76. The monoisotopic (exact) mass is 257 g/mol. The normalized spacial score (nSPS) is 11.0. The molecule has 3 heteroatoms. The van der Waals surface area contributed by atoms with E-state index in [4.69, 9.17) is 21.8 Å². The first-order valence-corrected chi connectivity index (χ1v) is 6.14. The van der Waals surface area contributed by atoms with E-state index in [1.165, 1.54) is 0 Å². The average Bonchev–Trinajstić information content (AvgIpc) is 2.84. The number of rotatable bonds is 2. The van der Waals surface area contributed by atoms with Crippen molar-refractivity contribution < 1.29 is 4.42 Å². The molecule has 0 amide bonds. The van der Waals surface area contributed by atoms with Crippen LogP contribution in [0.25, 0.3) is 22.3 Å². The molecule has 3 rings (SSSR count). The van der Waals surface area contributed by atoms with E-state index in [2.05, 4.69) is 0 Å². The Labute approximate surface area is 110 Å². The van der Waals surface area contributed by atoms with Crippen molar-refractivity contribution in [3.63, 3.8) is 0 Å². The predicted molar refractivity (Wildman–Crippen MR) is 74.6 cm³/mol. The zero-order valence-electron chi connectivity index (χ0n) is 9.69. The molecular formula is C15H12ClNO. The van der Waals surface area contributed by atoms with Gasteiger partial charge in [-0.2, -0.15) is 0 Å². The van der Waals surface area contributed by atoms with Crippen LogP contribution in [0.1, 0.15) is 5.56 Å². The fourth-order valence-electron chi connectivity index (χ4n) is 2.10. The van der Waals surface area contributed by atoms with Crippen molar-refractivity contribution in [1.29, 1.82) is 0 Å². The Morgan fingerprint density at radius 1 is 1.06 bits per heavy atom. The minimum atomic E-state index is 0.487. The van der Waals surface area contributed by atoms with Gasteiger partial charge in [0, 0.05) is 17.5 Å². The van der Waals surface area contributed by atoms with Gasteiger partial charge >= 0.3 is 0 Å². The molecule has 2 nitrogen and oxygen atoms in total. The van der Waals surface area contributed by atoms with Gasteiger partial charge in [-0.05, 0) is 17.7 Å². The first-order chi connectivity index (χ1) is 8.79. The quantitative estimate of drug-likeness (QED) is 0.747. The Morgan fingerprint density at radius 3 is 2.67 bits per heavy atom. The summed E-state index contributed by atoms with van der Waals surface area (Å²) in [6.45, 7) is 0.487. The van der Waals surface area contributed by atoms with Gasteiger partial charge < -0.3 is 10.2 Å². The van der Waals surface area contributed by atoms with Gasteiger partial charge in [-0.3, -0.25) is 0 Å². The van der Waals surface area contributed by atoms with Crippen molar-refractivity contribution >= 4 is 22.6 Å². The lowest BCUT2D eigenvalue weighted by atomic mass is 10.1. The van der Waals surface area contributed by atoms with Crippen LogP contribution in [0.4, 0.5) is 0 Å². The Morgan fingerprint density at radius 2 is 1.89 bits per heavy atom. The molecule has 0 unspecified atom stereocenters. The molecule has 3 aromatic rings. The Kier molecular flexibility index (Phi) is 2.82. The number of hydrogen-bond donors (Lipinski definition) is 1. The topological polar surface area (TPSA) is 39.2 Å². The second-order valence-corrected chi connectivity index (χ2v) is 4.54. The summed E-state index contributed by atoms with van der Waals surface area (Å²) in [6, 6.07) is 15.7. The van der Waals surface area contributed by atoms with Crippen LogP contribution in [0.15, 0.2) is 52.9 Å². The molecule has 0 atom stereocenters. The van der Waals surface area contributed by atoms with E-state index < -0.39 is 0 Å². The van der Waals surface area contributed by atoms with Gasteiger partial charge in [0.2, 0.25) is 0 Å². The Hall–Kier alpha value is -1.77. The Balaban J connectivity index is 2.23. The highest BCUT2D eigenvalue weighted by molar-refractivity contribution is 6.34. The lowest BCUT2D eigenvalue weighted by molar-refractivity contribution is 0.630. The zero-order valence-corrected chi connectivity index (χ0v) is 10.4. The van der Waals surface area contributed by atoms with Gasteiger partial charge in [0.05, 0.1) is 5.02 Å². The van der Waals surface area contributed by atoms with Crippen LogP contribution in [-0.4, -0.2) is 0 Å². The van der Waals surface area contributed by atoms with Gasteiger partial charge in [-0.1, -0.05) is 48.0 Å². The van der Waals surface area contributed by atoms with E-state index in [-0.39, 0.29) is 0 Å². The van der Waals surface area contributed by atoms with Crippen LogP contribution in [0, 0.1) is 0 Å². The molecule has 1 heterocycles. The van der Waals surface area contributed by atoms with Crippen LogP contribution in [0.2, 0.25) is 5.02 Å². The maximum absolute atomic E-state index is 6.11. The number of nitrogens with two attached hydrogens (primary N) is 1. The predicted octanol–water partition coefficient (Wildman–Crippen LogP) is 4.21. The highest BCUT2D eigenvalue weighted by Crippen LogP contribution is 2.33. The molecule has 0 saturated carbocycles. The molecule has 18 heavy (non-hydrogen) atoms. The van der Waals surface area contributed by atoms with Crippen molar-refractivity contribution in [1.82, 2.24) is 0 Å². The summed E-state index contributed by atoms with van der Waals surface area (Å²) in [6.07, 6.45) is 0. The molecule has 0 aliphatic rings. The third kappa shape index (κ3) is 1.80. The summed E-state index contributed by atoms with van der Waals surface area (Å²) >= 11 is 6.11. The molecule has 0 bridgehead atoms. The Bertz CT molecular complexity index is 703. The summed E-state index contributed by atoms with van der Waals surface area (Å²) in [4.78, 5) is 0. The van der Waals surface area contributed by atoms with E-state index in [9.17, 15) is 0 Å². The van der Waals surface area contributed by atoms with Crippen LogP contribution < -0.4 is 5.73 Å². The maximum atomic E-state index is 6.11. The van der Waals surface area contributed by atoms with E-state index >= 15 is 0 Å². The molecule has 0 spiro atoms. The highest BCUT2D eigenvalue weighted by Gasteiger charge is 2.10. The van der Waals surface area contributed by atoms with Gasteiger partial charge in [-0.25, -0.2) is 0 Å². The second-order valence-electron chi connectivity index (χ2n) is 4.13. The summed E-state index contributed by atoms with van der Waals surface area (Å²) in [5, 5.41) is 1.63. The number of benzene rings is 2. The lowest BCUT2D eigenvalue weighted by Crippen LogP contribution is -1.97. The van der Waals surface area contributed by atoms with Gasteiger partial charge in [-0.15, -0.1) is 0 Å². The summed E-state index contributed by atoms with van der Waals surface area (Å²) in [5.41, 5.74) is 8.55. The van der Waals surface area contributed by atoms with Gasteiger partial charge in [0.15, 0.2) is 5.58 Å². The molecule has 0 aliphatic carbocycles. The minimum Gasteiger partial charge on any atom is -0.455 e. The van der Waals surface area contributed by atoms with Crippen molar-refractivity contribution in [3.05, 3.63) is 59.1 Å². The molecule has 0 aliphatic heterocycles. The number of halogens is 1. The van der Waals surface area contributed by atoms with Crippen LogP contribution >= 0.6 is 11.6 Å². The highest BCUT2D eigenvalue weighted by atomic mass is 35.5. The molecule has 90 valence electrons. The third-order valence-corrected chi connectivity index (χ3v) is 3.30.